The van der Waals surface area contributed by atoms with Crippen molar-refractivity contribution in [3.63, 3.8) is 0 Å². The van der Waals surface area contributed by atoms with Crippen LogP contribution in [0.3, 0.4) is 0 Å². The van der Waals surface area contributed by atoms with Gasteiger partial charge in [0.05, 0.1) is 18.3 Å². The molecule has 0 rings (SSSR count). The summed E-state index contributed by atoms with van der Waals surface area (Å²) in [6.07, 6.45) is 26.7. The molecule has 0 fully saturated rings. The Morgan fingerprint density at radius 3 is 1.38 bits per heavy atom. The standard InChI is InChI=1S/C39H83N3O3/c1-6-9-11-13-15-17-19-22-26-35(4)38(44)33-42(31-25-21-24-28-40-29-30-41-32-37(43)8-3)34-39(45)36(5)27-23-20-18-16-14-12-10-7-2/h35-41,43-45H,6-34H2,1-5H3. The van der Waals surface area contributed by atoms with Gasteiger partial charge in [-0.05, 0) is 57.0 Å². The van der Waals surface area contributed by atoms with Gasteiger partial charge in [0.1, 0.15) is 0 Å². The van der Waals surface area contributed by atoms with Gasteiger partial charge in [0.25, 0.3) is 0 Å². The number of hydrogen-bond donors (Lipinski definition) is 5. The van der Waals surface area contributed by atoms with E-state index in [4.69, 9.17) is 0 Å². The van der Waals surface area contributed by atoms with Crippen molar-refractivity contribution in [3.05, 3.63) is 0 Å². The third-order valence-corrected chi connectivity index (χ3v) is 9.89. The summed E-state index contributed by atoms with van der Waals surface area (Å²) in [5, 5.41) is 38.7. The lowest BCUT2D eigenvalue weighted by molar-refractivity contribution is 0.0248. The van der Waals surface area contributed by atoms with Crippen LogP contribution in [0.25, 0.3) is 0 Å². The molecule has 0 radical (unpaired) electrons. The van der Waals surface area contributed by atoms with Gasteiger partial charge in [0, 0.05) is 32.7 Å². The maximum absolute atomic E-state index is 11.2. The van der Waals surface area contributed by atoms with E-state index in [1.807, 2.05) is 6.92 Å². The number of aliphatic hydroxyl groups excluding tert-OH is 3. The van der Waals surface area contributed by atoms with Crippen molar-refractivity contribution in [1.29, 1.82) is 0 Å². The molecule has 0 amide bonds. The van der Waals surface area contributed by atoms with Gasteiger partial charge in [0.15, 0.2) is 0 Å². The van der Waals surface area contributed by atoms with Crippen LogP contribution in [0.4, 0.5) is 0 Å². The van der Waals surface area contributed by atoms with Gasteiger partial charge >= 0.3 is 0 Å². The lowest BCUT2D eigenvalue weighted by atomic mass is 9.94. The van der Waals surface area contributed by atoms with Crippen LogP contribution in [0.5, 0.6) is 0 Å². The van der Waals surface area contributed by atoms with E-state index in [-0.39, 0.29) is 18.3 Å². The Hall–Kier alpha value is -0.240. The second-order valence-electron chi connectivity index (χ2n) is 14.5. The van der Waals surface area contributed by atoms with Crippen molar-refractivity contribution in [3.8, 4) is 0 Å². The average Bonchev–Trinajstić information content (AvgIpc) is 3.03. The van der Waals surface area contributed by atoms with E-state index < -0.39 is 0 Å². The van der Waals surface area contributed by atoms with Gasteiger partial charge in [-0.15, -0.1) is 0 Å². The summed E-state index contributed by atoms with van der Waals surface area (Å²) < 4.78 is 0. The molecule has 0 aliphatic carbocycles. The maximum atomic E-state index is 11.2. The van der Waals surface area contributed by atoms with Gasteiger partial charge < -0.3 is 26.0 Å². The Balaban J connectivity index is 4.50. The summed E-state index contributed by atoms with van der Waals surface area (Å²) in [5.74, 6) is 0.603. The molecule has 45 heavy (non-hydrogen) atoms. The number of hydrogen-bond acceptors (Lipinski definition) is 6. The zero-order valence-electron chi connectivity index (χ0n) is 31.2. The van der Waals surface area contributed by atoms with E-state index >= 15 is 0 Å². The third-order valence-electron chi connectivity index (χ3n) is 9.89. The van der Waals surface area contributed by atoms with Gasteiger partial charge in [-0.1, -0.05) is 144 Å². The monoisotopic (exact) mass is 642 g/mol. The van der Waals surface area contributed by atoms with Gasteiger partial charge in [-0.25, -0.2) is 0 Å². The Morgan fingerprint density at radius 1 is 0.489 bits per heavy atom. The van der Waals surface area contributed by atoms with Crippen molar-refractivity contribution in [2.45, 2.75) is 194 Å². The fourth-order valence-corrected chi connectivity index (χ4v) is 6.21. The lowest BCUT2D eigenvalue weighted by Gasteiger charge is -2.31. The highest BCUT2D eigenvalue weighted by atomic mass is 16.3. The summed E-state index contributed by atoms with van der Waals surface area (Å²) in [7, 11) is 0. The van der Waals surface area contributed by atoms with Crippen molar-refractivity contribution in [2.75, 3.05) is 45.8 Å². The first-order valence-electron chi connectivity index (χ1n) is 20.0. The molecule has 0 aromatic carbocycles. The summed E-state index contributed by atoms with van der Waals surface area (Å²) in [5.41, 5.74) is 0. The molecule has 0 aliphatic heterocycles. The number of aliphatic hydroxyl groups is 3. The molecule has 0 saturated heterocycles. The molecule has 0 spiro atoms. The first-order chi connectivity index (χ1) is 21.8. The van der Waals surface area contributed by atoms with Crippen LogP contribution in [-0.4, -0.2) is 84.3 Å². The van der Waals surface area contributed by atoms with E-state index in [9.17, 15) is 15.3 Å². The highest BCUT2D eigenvalue weighted by molar-refractivity contribution is 4.75. The van der Waals surface area contributed by atoms with Crippen LogP contribution < -0.4 is 10.6 Å². The zero-order chi connectivity index (χ0) is 33.4. The van der Waals surface area contributed by atoms with Crippen LogP contribution in [0, 0.1) is 11.8 Å². The summed E-state index contributed by atoms with van der Waals surface area (Å²) in [4.78, 5) is 2.36. The second-order valence-corrected chi connectivity index (χ2v) is 14.5. The molecule has 0 bridgehead atoms. The van der Waals surface area contributed by atoms with Crippen molar-refractivity contribution in [1.82, 2.24) is 15.5 Å². The minimum atomic E-state index is -0.329. The van der Waals surface area contributed by atoms with Crippen LogP contribution in [0.15, 0.2) is 0 Å². The molecular weight excluding hydrogens is 558 g/mol. The number of nitrogens with zero attached hydrogens (tertiary/aromatic N) is 1. The summed E-state index contributed by atoms with van der Waals surface area (Å²) in [6, 6.07) is 0. The Labute approximate surface area is 282 Å². The second kappa shape index (κ2) is 33.7. The van der Waals surface area contributed by atoms with Crippen molar-refractivity contribution in [2.24, 2.45) is 11.8 Å². The lowest BCUT2D eigenvalue weighted by Crippen LogP contribution is -2.42. The molecule has 272 valence electrons. The first kappa shape index (κ1) is 44.8. The van der Waals surface area contributed by atoms with E-state index in [1.54, 1.807) is 0 Å². The van der Waals surface area contributed by atoms with Gasteiger partial charge in [-0.2, -0.15) is 0 Å². The Kier molecular flexibility index (Phi) is 33.5. The molecule has 5 unspecified atom stereocenters. The fraction of sp³-hybridized carbons (Fsp3) is 1.00. The molecule has 6 nitrogen and oxygen atoms in total. The topological polar surface area (TPSA) is 88.0 Å². The number of nitrogens with one attached hydrogen (secondary N) is 2. The summed E-state index contributed by atoms with van der Waals surface area (Å²) in [6.45, 7) is 16.8. The minimum absolute atomic E-state index is 0.244. The van der Waals surface area contributed by atoms with E-state index in [1.165, 1.54) is 103 Å². The Morgan fingerprint density at radius 2 is 0.911 bits per heavy atom. The SMILES string of the molecule is CCCCCCCCCCC(C)C(O)CN(CCCCCNCCNCC(O)CC)CC(O)C(C)CCCCCCCCCC. The molecule has 0 aliphatic rings. The quantitative estimate of drug-likeness (QED) is 0.0441. The molecular formula is C39H83N3O3. The zero-order valence-corrected chi connectivity index (χ0v) is 31.2. The minimum Gasteiger partial charge on any atom is -0.392 e. The maximum Gasteiger partial charge on any atom is 0.0692 e. The summed E-state index contributed by atoms with van der Waals surface area (Å²) >= 11 is 0. The van der Waals surface area contributed by atoms with Crippen LogP contribution in [-0.2, 0) is 0 Å². The van der Waals surface area contributed by atoms with E-state index in [0.29, 0.717) is 31.5 Å². The van der Waals surface area contributed by atoms with Crippen molar-refractivity contribution >= 4 is 0 Å². The number of unbranched alkanes of at least 4 members (excludes halogenated alkanes) is 16. The molecule has 0 saturated carbocycles. The Bertz CT molecular complexity index is 548. The number of rotatable bonds is 36. The fourth-order valence-electron chi connectivity index (χ4n) is 6.21. The van der Waals surface area contributed by atoms with Crippen LogP contribution >= 0.6 is 0 Å². The smallest absolute Gasteiger partial charge is 0.0692 e. The van der Waals surface area contributed by atoms with Crippen LogP contribution in [0.1, 0.15) is 176 Å². The van der Waals surface area contributed by atoms with Gasteiger partial charge in [0.2, 0.25) is 0 Å². The molecule has 0 aromatic rings. The first-order valence-corrected chi connectivity index (χ1v) is 20.0. The average molecular weight is 642 g/mol. The molecule has 0 aromatic heterocycles. The van der Waals surface area contributed by atoms with Crippen molar-refractivity contribution < 1.29 is 15.3 Å². The molecule has 6 heteroatoms. The molecule has 0 heterocycles. The van der Waals surface area contributed by atoms with E-state index in [0.717, 1.165) is 64.7 Å². The third kappa shape index (κ3) is 29.6. The van der Waals surface area contributed by atoms with E-state index in [2.05, 4.69) is 43.2 Å². The highest BCUT2D eigenvalue weighted by Crippen LogP contribution is 2.20. The predicted octanol–water partition coefficient (Wildman–Crippen LogP) is 8.46. The highest BCUT2D eigenvalue weighted by Gasteiger charge is 2.22. The molecule has 5 atom stereocenters. The predicted molar refractivity (Wildman–Crippen MR) is 197 cm³/mol. The van der Waals surface area contributed by atoms with Gasteiger partial charge in [-0.3, -0.25) is 4.90 Å². The molecule has 5 N–H and O–H groups in total. The van der Waals surface area contributed by atoms with Crippen LogP contribution in [0.2, 0.25) is 0 Å². The largest absolute Gasteiger partial charge is 0.392 e. The normalized spacial score (nSPS) is 15.4.